The second-order valence-corrected chi connectivity index (χ2v) is 8.47. The highest BCUT2D eigenvalue weighted by atomic mass is 32.2. The highest BCUT2D eigenvalue weighted by molar-refractivity contribution is 7.89. The first-order valence-electron chi connectivity index (χ1n) is 8.00. The molecule has 1 saturated heterocycles. The summed E-state index contributed by atoms with van der Waals surface area (Å²) in [6.45, 7) is 1.10. The van der Waals surface area contributed by atoms with Crippen molar-refractivity contribution in [1.82, 2.24) is 18.0 Å². The average molecular weight is 394 g/mol. The molecule has 0 amide bonds. The first kappa shape index (κ1) is 17.3. The highest BCUT2D eigenvalue weighted by Gasteiger charge is 2.34. The molecule has 0 N–H and O–H groups in total. The Kier molecular flexibility index (Phi) is 4.55. The van der Waals surface area contributed by atoms with Gasteiger partial charge in [0.25, 0.3) is 0 Å². The number of rotatable bonds is 5. The normalized spacial score (nSPS) is 18.4. The van der Waals surface area contributed by atoms with E-state index >= 15 is 0 Å². The summed E-state index contributed by atoms with van der Waals surface area (Å²) in [5.41, 5.74) is 0.991. The molecule has 0 saturated carbocycles. The zero-order chi connectivity index (χ0) is 18.1. The first-order valence-corrected chi connectivity index (χ1v) is 10.2. The lowest BCUT2D eigenvalue weighted by Crippen LogP contribution is -2.30. The van der Waals surface area contributed by atoms with Gasteiger partial charge in [0.05, 0.1) is 24.5 Å². The number of sulfonamides is 1. The second kappa shape index (κ2) is 6.86. The summed E-state index contributed by atoms with van der Waals surface area (Å²) < 4.78 is 54.0. The molecule has 2 aromatic heterocycles. The van der Waals surface area contributed by atoms with Gasteiger partial charge in [0.2, 0.25) is 15.9 Å². The Bertz CT molecular complexity index is 1020. The molecular formula is C16H15FN4O3S2. The zero-order valence-electron chi connectivity index (χ0n) is 13.6. The quantitative estimate of drug-likeness (QED) is 0.660. The number of pyridine rings is 1. The Balaban J connectivity index is 1.46. The summed E-state index contributed by atoms with van der Waals surface area (Å²) in [7, 11) is -3.64. The summed E-state index contributed by atoms with van der Waals surface area (Å²) in [6.07, 6.45) is 1.77. The van der Waals surface area contributed by atoms with E-state index in [1.807, 2.05) is 0 Å². The topological polar surface area (TPSA) is 85.3 Å². The maximum Gasteiger partial charge on any atom is 0.245 e. The molecule has 1 unspecified atom stereocenters. The Hall–Kier alpha value is -2.17. The molecule has 1 atom stereocenters. The fraction of sp³-hybridized carbons (Fsp3) is 0.312. The molecular weight excluding hydrogens is 379 g/mol. The number of benzene rings is 1. The Labute approximate surface area is 153 Å². The number of hydrogen-bond donors (Lipinski definition) is 0. The van der Waals surface area contributed by atoms with Gasteiger partial charge in [0, 0.05) is 25.1 Å². The Morgan fingerprint density at radius 2 is 2.15 bits per heavy atom. The second-order valence-electron chi connectivity index (χ2n) is 6.03. The molecule has 136 valence electrons. The predicted octanol–water partition coefficient (Wildman–Crippen LogP) is 2.32. The van der Waals surface area contributed by atoms with E-state index in [1.54, 1.807) is 18.2 Å². The highest BCUT2D eigenvalue weighted by Crippen LogP contribution is 2.28. The average Bonchev–Trinajstić information content (AvgIpc) is 3.30. The van der Waals surface area contributed by atoms with Crippen LogP contribution in [0.1, 0.15) is 6.42 Å². The van der Waals surface area contributed by atoms with Crippen molar-refractivity contribution in [3.05, 3.63) is 42.3 Å². The number of ether oxygens (including phenoxy) is 1. The molecule has 0 bridgehead atoms. The van der Waals surface area contributed by atoms with Gasteiger partial charge in [-0.1, -0.05) is 6.07 Å². The SMILES string of the molecule is O=S(=O)(c1cccc2nsnc12)N1CCC(COc2ccc(F)cn2)C1. The fourth-order valence-electron chi connectivity index (χ4n) is 2.93. The first-order chi connectivity index (χ1) is 12.5. The Morgan fingerprint density at radius 3 is 2.96 bits per heavy atom. The lowest BCUT2D eigenvalue weighted by molar-refractivity contribution is 0.246. The molecule has 0 aliphatic carbocycles. The van der Waals surface area contributed by atoms with Gasteiger partial charge >= 0.3 is 0 Å². The predicted molar refractivity (Wildman–Crippen MR) is 94.0 cm³/mol. The van der Waals surface area contributed by atoms with Gasteiger partial charge in [-0.25, -0.2) is 17.8 Å². The van der Waals surface area contributed by atoms with Gasteiger partial charge in [-0.05, 0) is 24.6 Å². The number of halogens is 1. The van der Waals surface area contributed by atoms with Crippen LogP contribution in [0.25, 0.3) is 11.0 Å². The third kappa shape index (κ3) is 3.27. The van der Waals surface area contributed by atoms with Crippen LogP contribution in [0.2, 0.25) is 0 Å². The van der Waals surface area contributed by atoms with E-state index in [-0.39, 0.29) is 10.8 Å². The Morgan fingerprint density at radius 1 is 1.27 bits per heavy atom. The van der Waals surface area contributed by atoms with Crippen molar-refractivity contribution >= 4 is 32.8 Å². The maximum absolute atomic E-state index is 13.0. The number of aromatic nitrogens is 3. The van der Waals surface area contributed by atoms with Crippen molar-refractivity contribution in [3.8, 4) is 5.88 Å². The lowest BCUT2D eigenvalue weighted by atomic mass is 10.1. The van der Waals surface area contributed by atoms with E-state index in [1.165, 1.54) is 16.4 Å². The van der Waals surface area contributed by atoms with Gasteiger partial charge < -0.3 is 4.74 Å². The molecule has 4 rings (SSSR count). The largest absolute Gasteiger partial charge is 0.477 e. The van der Waals surface area contributed by atoms with Gasteiger partial charge in [-0.3, -0.25) is 0 Å². The molecule has 26 heavy (non-hydrogen) atoms. The molecule has 0 radical (unpaired) electrons. The third-order valence-corrected chi connectivity index (χ3v) is 6.72. The minimum Gasteiger partial charge on any atom is -0.477 e. The van der Waals surface area contributed by atoms with Crippen molar-refractivity contribution in [3.63, 3.8) is 0 Å². The van der Waals surface area contributed by atoms with Crippen molar-refractivity contribution in [1.29, 1.82) is 0 Å². The van der Waals surface area contributed by atoms with E-state index in [0.717, 1.165) is 17.9 Å². The monoisotopic (exact) mass is 394 g/mol. The molecule has 3 aromatic rings. The number of hydrogen-bond acceptors (Lipinski definition) is 7. The fourth-order valence-corrected chi connectivity index (χ4v) is 5.21. The summed E-state index contributed by atoms with van der Waals surface area (Å²) in [6, 6.07) is 7.71. The van der Waals surface area contributed by atoms with Crippen LogP contribution in [0, 0.1) is 11.7 Å². The van der Waals surface area contributed by atoms with Crippen LogP contribution in [0.4, 0.5) is 4.39 Å². The van der Waals surface area contributed by atoms with Crippen LogP contribution < -0.4 is 4.74 Å². The molecule has 7 nitrogen and oxygen atoms in total. The van der Waals surface area contributed by atoms with Crippen molar-refractivity contribution in [2.24, 2.45) is 5.92 Å². The van der Waals surface area contributed by atoms with Crippen LogP contribution in [0.15, 0.2) is 41.4 Å². The van der Waals surface area contributed by atoms with Gasteiger partial charge in [-0.15, -0.1) is 0 Å². The van der Waals surface area contributed by atoms with E-state index in [9.17, 15) is 12.8 Å². The van der Waals surface area contributed by atoms with Gasteiger partial charge in [0.1, 0.15) is 21.7 Å². The maximum atomic E-state index is 13.0. The number of fused-ring (bicyclic) bond motifs is 1. The van der Waals surface area contributed by atoms with E-state index < -0.39 is 15.8 Å². The smallest absolute Gasteiger partial charge is 0.245 e. The molecule has 1 aromatic carbocycles. The van der Waals surface area contributed by atoms with Crippen LogP contribution in [0.5, 0.6) is 5.88 Å². The molecule has 3 heterocycles. The van der Waals surface area contributed by atoms with Crippen LogP contribution >= 0.6 is 11.7 Å². The third-order valence-electron chi connectivity index (χ3n) is 4.28. The molecule has 1 aliphatic rings. The summed E-state index contributed by atoms with van der Waals surface area (Å²) in [5.74, 6) is -0.0587. The zero-order valence-corrected chi connectivity index (χ0v) is 15.2. The standard InChI is InChI=1S/C16H15FN4O3S2/c17-12-4-5-15(18-8-12)24-10-11-6-7-21(9-11)26(22,23)14-3-1-2-13-16(14)20-25-19-13/h1-5,8,11H,6-7,9-10H2. The molecule has 1 aliphatic heterocycles. The van der Waals surface area contributed by atoms with Crippen LogP contribution in [0.3, 0.4) is 0 Å². The molecule has 1 fully saturated rings. The van der Waals surface area contributed by atoms with Crippen molar-refractivity contribution in [2.45, 2.75) is 11.3 Å². The van der Waals surface area contributed by atoms with E-state index in [0.29, 0.717) is 43.0 Å². The van der Waals surface area contributed by atoms with Crippen LogP contribution in [-0.2, 0) is 10.0 Å². The summed E-state index contributed by atoms with van der Waals surface area (Å²) in [5, 5.41) is 0. The van der Waals surface area contributed by atoms with Gasteiger partial charge in [0.15, 0.2) is 0 Å². The van der Waals surface area contributed by atoms with Gasteiger partial charge in [-0.2, -0.15) is 13.1 Å². The van der Waals surface area contributed by atoms with E-state index in [2.05, 4.69) is 13.7 Å². The van der Waals surface area contributed by atoms with Crippen molar-refractivity contribution < 1.29 is 17.5 Å². The molecule has 0 spiro atoms. The van der Waals surface area contributed by atoms with Crippen LogP contribution in [-0.4, -0.2) is 46.2 Å². The summed E-state index contributed by atoms with van der Waals surface area (Å²) in [4.78, 5) is 4.03. The lowest BCUT2D eigenvalue weighted by Gasteiger charge is -2.17. The van der Waals surface area contributed by atoms with E-state index in [4.69, 9.17) is 4.74 Å². The number of nitrogens with zero attached hydrogens (tertiary/aromatic N) is 4. The minimum absolute atomic E-state index is 0.0457. The summed E-state index contributed by atoms with van der Waals surface area (Å²) >= 11 is 0.996. The van der Waals surface area contributed by atoms with Crippen molar-refractivity contribution in [2.75, 3.05) is 19.7 Å². The molecule has 10 heteroatoms. The minimum atomic E-state index is -3.64.